The number of nitro groups is 1. The van der Waals surface area contributed by atoms with Crippen LogP contribution in [-0.4, -0.2) is 16.5 Å². The molecule has 1 aliphatic heterocycles. The molecule has 1 fully saturated rings. The zero-order chi connectivity index (χ0) is 16.3. The van der Waals surface area contributed by atoms with E-state index in [0.29, 0.717) is 6.42 Å². The SMILES string of the molecule is O=[N+]([O-])c1ccc(O[P@@]2(=O)OCC[C@@H](c3ccncc3)O2)cc1. The maximum Gasteiger partial charge on any atom is 0.530 e. The van der Waals surface area contributed by atoms with Crippen molar-refractivity contribution in [3.63, 3.8) is 0 Å². The van der Waals surface area contributed by atoms with Gasteiger partial charge in [-0.05, 0) is 29.8 Å². The lowest BCUT2D eigenvalue weighted by atomic mass is 10.1. The van der Waals surface area contributed by atoms with Crippen LogP contribution in [0.4, 0.5) is 5.69 Å². The molecule has 0 aliphatic carbocycles. The zero-order valence-corrected chi connectivity index (χ0v) is 12.8. The van der Waals surface area contributed by atoms with Gasteiger partial charge in [0.25, 0.3) is 5.69 Å². The number of benzene rings is 1. The van der Waals surface area contributed by atoms with Gasteiger partial charge in [0, 0.05) is 30.9 Å². The summed E-state index contributed by atoms with van der Waals surface area (Å²) >= 11 is 0. The van der Waals surface area contributed by atoms with Crippen LogP contribution in [-0.2, 0) is 13.6 Å². The second-order valence-electron chi connectivity index (χ2n) is 4.79. The Balaban J connectivity index is 1.73. The number of phosphoric ester groups is 1. The van der Waals surface area contributed by atoms with Crippen molar-refractivity contribution in [2.75, 3.05) is 6.61 Å². The first-order chi connectivity index (χ1) is 11.1. The minimum absolute atomic E-state index is 0.0872. The number of rotatable bonds is 4. The summed E-state index contributed by atoms with van der Waals surface area (Å²) in [4.78, 5) is 14.0. The fraction of sp³-hybridized carbons (Fsp3) is 0.214. The lowest BCUT2D eigenvalue weighted by Crippen LogP contribution is -2.16. The number of nitrogens with zero attached hydrogens (tertiary/aromatic N) is 2. The average molecular weight is 336 g/mol. The van der Waals surface area contributed by atoms with Crippen molar-refractivity contribution in [3.05, 3.63) is 64.5 Å². The van der Waals surface area contributed by atoms with E-state index in [-0.39, 0.29) is 18.0 Å². The second-order valence-corrected chi connectivity index (χ2v) is 6.33. The molecule has 0 saturated carbocycles. The number of hydrogen-bond donors (Lipinski definition) is 0. The highest BCUT2D eigenvalue weighted by atomic mass is 31.2. The number of nitro benzene ring substituents is 1. The normalized spacial score (nSPS) is 24.1. The van der Waals surface area contributed by atoms with Gasteiger partial charge in [-0.2, -0.15) is 0 Å². The molecule has 1 aromatic heterocycles. The number of pyridine rings is 1. The van der Waals surface area contributed by atoms with Crippen LogP contribution in [0.25, 0.3) is 0 Å². The molecule has 0 unspecified atom stereocenters. The van der Waals surface area contributed by atoms with Crippen LogP contribution in [0.15, 0.2) is 48.8 Å². The number of hydrogen-bond acceptors (Lipinski definition) is 7. The fourth-order valence-corrected chi connectivity index (χ4v) is 3.53. The highest BCUT2D eigenvalue weighted by molar-refractivity contribution is 7.49. The Hall–Kier alpha value is -2.28. The van der Waals surface area contributed by atoms with Gasteiger partial charge < -0.3 is 4.52 Å². The quantitative estimate of drug-likeness (QED) is 0.477. The van der Waals surface area contributed by atoms with Gasteiger partial charge in [0.05, 0.1) is 17.6 Å². The summed E-state index contributed by atoms with van der Waals surface area (Å²) in [5.41, 5.74) is 0.742. The minimum Gasteiger partial charge on any atom is -0.404 e. The third kappa shape index (κ3) is 3.73. The van der Waals surface area contributed by atoms with Gasteiger partial charge in [0.2, 0.25) is 0 Å². The van der Waals surface area contributed by atoms with Crippen LogP contribution in [0.5, 0.6) is 5.75 Å². The highest BCUT2D eigenvalue weighted by Crippen LogP contribution is 2.56. The molecule has 8 nitrogen and oxygen atoms in total. The molecule has 0 N–H and O–H groups in total. The molecule has 0 radical (unpaired) electrons. The van der Waals surface area contributed by atoms with Crippen LogP contribution >= 0.6 is 7.82 Å². The monoisotopic (exact) mass is 336 g/mol. The predicted molar refractivity (Wildman–Crippen MR) is 80.0 cm³/mol. The molecule has 23 heavy (non-hydrogen) atoms. The Bertz CT molecular complexity index is 737. The summed E-state index contributed by atoms with van der Waals surface area (Å²) in [6.45, 7) is 0.219. The summed E-state index contributed by atoms with van der Waals surface area (Å²) in [5.74, 6) is 0.175. The molecular formula is C14H13N2O6P. The van der Waals surface area contributed by atoms with Crippen LogP contribution in [0.3, 0.4) is 0 Å². The number of aromatic nitrogens is 1. The topological polar surface area (TPSA) is 101 Å². The first-order valence-corrected chi connectivity index (χ1v) is 8.29. The molecule has 2 atom stereocenters. The van der Waals surface area contributed by atoms with E-state index in [1.54, 1.807) is 24.5 Å². The lowest BCUT2D eigenvalue weighted by Gasteiger charge is -2.28. The van der Waals surface area contributed by atoms with Gasteiger partial charge in [-0.25, -0.2) is 4.57 Å². The highest BCUT2D eigenvalue weighted by Gasteiger charge is 2.37. The molecule has 0 amide bonds. The van der Waals surface area contributed by atoms with Crippen LogP contribution < -0.4 is 4.52 Å². The summed E-state index contributed by atoms with van der Waals surface area (Å²) in [5, 5.41) is 10.6. The third-order valence-electron chi connectivity index (χ3n) is 3.23. The van der Waals surface area contributed by atoms with Crippen molar-refractivity contribution in [1.82, 2.24) is 4.98 Å². The van der Waals surface area contributed by atoms with Crippen molar-refractivity contribution in [2.45, 2.75) is 12.5 Å². The Kier molecular flexibility index (Phi) is 4.38. The summed E-state index contributed by atoms with van der Waals surface area (Å²) < 4.78 is 28.5. The second kappa shape index (κ2) is 6.45. The molecule has 2 aromatic rings. The molecule has 3 rings (SSSR count). The fourth-order valence-electron chi connectivity index (χ4n) is 2.12. The molecule has 120 valence electrons. The van der Waals surface area contributed by atoms with E-state index in [1.807, 2.05) is 0 Å². The van der Waals surface area contributed by atoms with Crippen molar-refractivity contribution < 1.29 is 23.1 Å². The average Bonchev–Trinajstić information content (AvgIpc) is 2.56. The van der Waals surface area contributed by atoms with Crippen molar-refractivity contribution in [1.29, 1.82) is 0 Å². The summed E-state index contributed by atoms with van der Waals surface area (Å²) in [7, 11) is -3.79. The van der Waals surface area contributed by atoms with Crippen LogP contribution in [0.1, 0.15) is 18.1 Å². The first kappa shape index (κ1) is 15.6. The van der Waals surface area contributed by atoms with Crippen molar-refractivity contribution in [2.24, 2.45) is 0 Å². The van der Waals surface area contributed by atoms with E-state index in [2.05, 4.69) is 4.98 Å². The van der Waals surface area contributed by atoms with E-state index in [0.717, 1.165) is 5.56 Å². The van der Waals surface area contributed by atoms with Gasteiger partial charge in [0.1, 0.15) is 5.75 Å². The first-order valence-electron chi connectivity index (χ1n) is 6.83. The van der Waals surface area contributed by atoms with Crippen molar-refractivity contribution in [3.8, 4) is 5.75 Å². The predicted octanol–water partition coefficient (Wildman–Crippen LogP) is 3.65. The van der Waals surface area contributed by atoms with Gasteiger partial charge >= 0.3 is 7.82 Å². The third-order valence-corrected chi connectivity index (χ3v) is 4.67. The van der Waals surface area contributed by atoms with E-state index in [4.69, 9.17) is 13.6 Å². The maximum absolute atomic E-state index is 12.6. The number of non-ortho nitro benzene ring substituents is 1. The Morgan fingerprint density at radius 1 is 1.22 bits per heavy atom. The molecule has 0 bridgehead atoms. The summed E-state index contributed by atoms with van der Waals surface area (Å²) in [6, 6.07) is 8.75. The summed E-state index contributed by atoms with van der Waals surface area (Å²) in [6.07, 6.45) is 3.36. The number of phosphoric acid groups is 1. The lowest BCUT2D eigenvalue weighted by molar-refractivity contribution is -0.384. The van der Waals surface area contributed by atoms with Gasteiger partial charge in [-0.3, -0.25) is 24.1 Å². The van der Waals surface area contributed by atoms with E-state index < -0.39 is 18.8 Å². The minimum atomic E-state index is -3.79. The van der Waals surface area contributed by atoms with E-state index in [9.17, 15) is 14.7 Å². The van der Waals surface area contributed by atoms with Gasteiger partial charge in [-0.15, -0.1) is 0 Å². The molecule has 1 aromatic carbocycles. The van der Waals surface area contributed by atoms with Gasteiger partial charge in [-0.1, -0.05) is 0 Å². The molecule has 9 heteroatoms. The Labute approximate surface area is 131 Å². The molecule has 1 aliphatic rings. The standard InChI is InChI=1S/C14H13N2O6P/c17-16(18)12-1-3-13(4-2-12)21-23(19)20-10-7-14(22-23)11-5-8-15-9-6-11/h1-6,8-9,14H,7,10H2/t14-,23+/m0/s1. The van der Waals surface area contributed by atoms with Crippen LogP contribution in [0.2, 0.25) is 0 Å². The molecule has 1 saturated heterocycles. The smallest absolute Gasteiger partial charge is 0.404 e. The van der Waals surface area contributed by atoms with E-state index in [1.165, 1.54) is 24.3 Å². The Morgan fingerprint density at radius 2 is 1.91 bits per heavy atom. The van der Waals surface area contributed by atoms with Crippen LogP contribution in [0, 0.1) is 10.1 Å². The maximum atomic E-state index is 12.6. The van der Waals surface area contributed by atoms with Crippen molar-refractivity contribution >= 4 is 13.5 Å². The van der Waals surface area contributed by atoms with E-state index >= 15 is 0 Å². The zero-order valence-electron chi connectivity index (χ0n) is 11.9. The molecule has 0 spiro atoms. The molecular weight excluding hydrogens is 323 g/mol. The largest absolute Gasteiger partial charge is 0.530 e. The van der Waals surface area contributed by atoms with Gasteiger partial charge in [0.15, 0.2) is 0 Å². The Morgan fingerprint density at radius 3 is 2.57 bits per heavy atom. The molecule has 2 heterocycles.